The van der Waals surface area contributed by atoms with Crippen LogP contribution in [0.5, 0.6) is 0 Å². The lowest BCUT2D eigenvalue weighted by atomic mass is 10.1. The predicted octanol–water partition coefficient (Wildman–Crippen LogP) is 1.39. The fourth-order valence-electron chi connectivity index (χ4n) is 2.13. The van der Waals surface area contributed by atoms with E-state index in [4.69, 9.17) is 17.4 Å². The van der Waals surface area contributed by atoms with Crippen LogP contribution in [-0.4, -0.2) is 16.2 Å². The van der Waals surface area contributed by atoms with Crippen molar-refractivity contribution in [1.29, 1.82) is 0 Å². The molecule has 122 valence electrons. The van der Waals surface area contributed by atoms with Crippen molar-refractivity contribution >= 4 is 29.3 Å². The summed E-state index contributed by atoms with van der Waals surface area (Å²) in [4.78, 5) is 10.7. The largest absolute Gasteiger partial charge is 0.545 e. The normalized spacial score (nSPS) is 10.7. The van der Waals surface area contributed by atoms with Gasteiger partial charge in [-0.2, -0.15) is 0 Å². The standard InChI is InChI=1S/C16H13ClN4O2S/c17-13-4-2-1-3-12(13)14-19-20-16(21(14)18)24-9-10-5-7-11(8-6-10)15(22)23/h1-8H,9,18H2,(H,22,23). The zero-order valence-corrected chi connectivity index (χ0v) is 14.0. The van der Waals surface area contributed by atoms with Crippen molar-refractivity contribution in [2.45, 2.75) is 10.9 Å². The summed E-state index contributed by atoms with van der Waals surface area (Å²) < 4.78 is 1.45. The SMILES string of the molecule is N[n+]1c(SCc2ccc(C(=O)[O-])cc2)n[nH]c1-c1ccccc1Cl. The number of aromatic nitrogens is 3. The fourth-order valence-corrected chi connectivity index (χ4v) is 3.19. The molecule has 0 aliphatic carbocycles. The molecule has 0 fully saturated rings. The van der Waals surface area contributed by atoms with Gasteiger partial charge in [0.2, 0.25) is 0 Å². The van der Waals surface area contributed by atoms with Crippen molar-refractivity contribution in [2.24, 2.45) is 0 Å². The molecule has 0 atom stereocenters. The van der Waals surface area contributed by atoms with Gasteiger partial charge in [0.1, 0.15) is 0 Å². The van der Waals surface area contributed by atoms with Gasteiger partial charge in [-0.05, 0) is 35.0 Å². The highest BCUT2D eigenvalue weighted by Gasteiger charge is 2.21. The number of aromatic amines is 1. The number of nitrogens with zero attached hydrogens (tertiary/aromatic N) is 2. The molecule has 1 aromatic heterocycles. The van der Waals surface area contributed by atoms with Crippen LogP contribution in [0.2, 0.25) is 5.02 Å². The Morgan fingerprint density at radius 2 is 1.96 bits per heavy atom. The number of aromatic carboxylic acids is 1. The molecule has 1 heterocycles. The van der Waals surface area contributed by atoms with E-state index < -0.39 is 5.97 Å². The molecule has 0 bridgehead atoms. The lowest BCUT2D eigenvalue weighted by molar-refractivity contribution is -0.666. The van der Waals surface area contributed by atoms with Crippen LogP contribution in [0.25, 0.3) is 11.4 Å². The van der Waals surface area contributed by atoms with Crippen LogP contribution in [0.4, 0.5) is 0 Å². The first-order chi connectivity index (χ1) is 11.6. The lowest BCUT2D eigenvalue weighted by Crippen LogP contribution is -2.47. The third-order valence-corrected chi connectivity index (χ3v) is 4.74. The van der Waals surface area contributed by atoms with Crippen molar-refractivity contribution in [3.63, 3.8) is 0 Å². The summed E-state index contributed by atoms with van der Waals surface area (Å²) in [6.07, 6.45) is 0. The van der Waals surface area contributed by atoms with Crippen LogP contribution < -0.4 is 15.6 Å². The number of carbonyl (C=O) groups is 1. The molecule has 0 amide bonds. The highest BCUT2D eigenvalue weighted by atomic mass is 35.5. The molecular formula is C16H13ClN4O2S. The van der Waals surface area contributed by atoms with Crippen LogP contribution in [0.1, 0.15) is 15.9 Å². The van der Waals surface area contributed by atoms with E-state index in [-0.39, 0.29) is 5.56 Å². The summed E-state index contributed by atoms with van der Waals surface area (Å²) in [5, 5.41) is 19.0. The van der Waals surface area contributed by atoms with E-state index in [0.717, 1.165) is 11.1 Å². The average Bonchev–Trinajstić information content (AvgIpc) is 2.94. The second-order valence-corrected chi connectivity index (χ2v) is 6.33. The number of benzene rings is 2. The minimum atomic E-state index is -1.19. The Kier molecular flexibility index (Phi) is 4.73. The summed E-state index contributed by atoms with van der Waals surface area (Å²) >= 11 is 7.60. The average molecular weight is 361 g/mol. The van der Waals surface area contributed by atoms with Crippen molar-refractivity contribution in [3.8, 4) is 11.4 Å². The van der Waals surface area contributed by atoms with Gasteiger partial charge in [-0.25, -0.2) is 0 Å². The van der Waals surface area contributed by atoms with Gasteiger partial charge in [-0.1, -0.05) is 48.0 Å². The first-order valence-corrected chi connectivity index (χ1v) is 8.36. The molecule has 0 saturated heterocycles. The molecule has 3 aromatic rings. The number of hydrogen-bond acceptors (Lipinski definition) is 5. The molecule has 0 radical (unpaired) electrons. The number of rotatable bonds is 5. The Bertz CT molecular complexity index is 880. The van der Waals surface area contributed by atoms with Gasteiger partial charge in [0.15, 0.2) is 0 Å². The number of carboxylic acids is 1. The molecule has 8 heteroatoms. The number of carboxylic acid groups (broad SMARTS) is 1. The highest BCUT2D eigenvalue weighted by Crippen LogP contribution is 2.25. The fraction of sp³-hybridized carbons (Fsp3) is 0.0625. The van der Waals surface area contributed by atoms with E-state index in [9.17, 15) is 9.90 Å². The van der Waals surface area contributed by atoms with Gasteiger partial charge >= 0.3 is 5.16 Å². The van der Waals surface area contributed by atoms with Gasteiger partial charge in [-0.3, -0.25) is 5.84 Å². The number of thioether (sulfide) groups is 1. The monoisotopic (exact) mass is 360 g/mol. The van der Waals surface area contributed by atoms with Crippen molar-refractivity contribution in [3.05, 3.63) is 64.7 Å². The number of hydrogen-bond donors (Lipinski definition) is 2. The Morgan fingerprint density at radius 1 is 1.25 bits per heavy atom. The van der Waals surface area contributed by atoms with Gasteiger partial charge in [0.05, 0.1) is 21.7 Å². The molecule has 0 spiro atoms. The van der Waals surface area contributed by atoms with Gasteiger partial charge < -0.3 is 9.90 Å². The van der Waals surface area contributed by atoms with Gasteiger partial charge in [0.25, 0.3) is 5.82 Å². The van der Waals surface area contributed by atoms with Crippen LogP contribution in [0.3, 0.4) is 0 Å². The van der Waals surface area contributed by atoms with Gasteiger partial charge in [-0.15, -0.1) is 9.77 Å². The van der Waals surface area contributed by atoms with E-state index >= 15 is 0 Å². The highest BCUT2D eigenvalue weighted by molar-refractivity contribution is 7.98. The smallest absolute Gasteiger partial charge is 0.358 e. The molecule has 0 aliphatic heterocycles. The van der Waals surface area contributed by atoms with E-state index in [2.05, 4.69) is 10.2 Å². The maximum absolute atomic E-state index is 10.7. The Hall–Kier alpha value is -2.51. The molecule has 0 saturated carbocycles. The minimum absolute atomic E-state index is 0.151. The predicted molar refractivity (Wildman–Crippen MR) is 89.7 cm³/mol. The summed E-state index contributed by atoms with van der Waals surface area (Å²) in [7, 11) is 0. The van der Waals surface area contributed by atoms with E-state index in [1.165, 1.54) is 28.6 Å². The first kappa shape index (κ1) is 16.4. The third kappa shape index (κ3) is 3.37. The molecule has 0 aliphatic rings. The minimum Gasteiger partial charge on any atom is -0.545 e. The zero-order valence-electron chi connectivity index (χ0n) is 12.4. The number of nitrogen functional groups attached to an aromatic ring is 1. The van der Waals surface area contributed by atoms with Crippen molar-refractivity contribution < 1.29 is 14.6 Å². The third-order valence-electron chi connectivity index (χ3n) is 3.39. The first-order valence-electron chi connectivity index (χ1n) is 6.99. The lowest BCUT2D eigenvalue weighted by Gasteiger charge is -2.03. The van der Waals surface area contributed by atoms with Crippen molar-refractivity contribution in [2.75, 3.05) is 5.84 Å². The summed E-state index contributed by atoms with van der Waals surface area (Å²) in [5.74, 6) is 6.10. The van der Waals surface area contributed by atoms with E-state index in [0.29, 0.717) is 21.8 Å². The summed E-state index contributed by atoms with van der Waals surface area (Å²) in [5.41, 5.74) is 1.87. The summed E-state index contributed by atoms with van der Waals surface area (Å²) in [6.45, 7) is 0. The summed E-state index contributed by atoms with van der Waals surface area (Å²) in [6, 6.07) is 13.8. The topological polar surface area (TPSA) is 98.7 Å². The maximum Gasteiger partial charge on any atom is 0.358 e. The number of halogens is 1. The maximum atomic E-state index is 10.7. The number of carbonyl (C=O) groups excluding carboxylic acids is 1. The Balaban J connectivity index is 1.75. The quantitative estimate of drug-likeness (QED) is 0.407. The zero-order chi connectivity index (χ0) is 17.1. The number of nitrogens with two attached hydrogens (primary N) is 1. The van der Waals surface area contributed by atoms with E-state index in [1.807, 2.05) is 18.2 Å². The van der Waals surface area contributed by atoms with E-state index in [1.54, 1.807) is 18.2 Å². The number of nitrogens with one attached hydrogen (secondary N) is 1. The molecule has 0 unspecified atom stereocenters. The van der Waals surface area contributed by atoms with Crippen LogP contribution in [0, 0.1) is 0 Å². The Labute approximate surface area is 147 Å². The number of H-pyrrole nitrogens is 1. The molecule has 3 rings (SSSR count). The second-order valence-electron chi connectivity index (χ2n) is 4.98. The molecule has 3 N–H and O–H groups in total. The molecular weight excluding hydrogens is 348 g/mol. The molecule has 6 nitrogen and oxygen atoms in total. The second kappa shape index (κ2) is 6.94. The Morgan fingerprint density at radius 3 is 2.62 bits per heavy atom. The molecule has 2 aromatic carbocycles. The van der Waals surface area contributed by atoms with Crippen LogP contribution >= 0.6 is 23.4 Å². The van der Waals surface area contributed by atoms with Crippen molar-refractivity contribution in [1.82, 2.24) is 10.2 Å². The van der Waals surface area contributed by atoms with Gasteiger partial charge in [0, 0.05) is 5.75 Å². The molecule has 24 heavy (non-hydrogen) atoms. The van der Waals surface area contributed by atoms with Crippen LogP contribution in [0.15, 0.2) is 53.7 Å². The van der Waals surface area contributed by atoms with Crippen LogP contribution in [-0.2, 0) is 5.75 Å².